The second kappa shape index (κ2) is 8.08. The van der Waals surface area contributed by atoms with Gasteiger partial charge >= 0.3 is 0 Å². The molecular formula is C22H16ClN3O5. The molecule has 1 amide bonds. The molecule has 0 fully saturated rings. The first-order valence-corrected chi connectivity index (χ1v) is 9.54. The number of hydrogen-bond acceptors (Lipinski definition) is 6. The topological polar surface area (TPSA) is 108 Å². The lowest BCUT2D eigenvalue weighted by Gasteiger charge is -2.10. The summed E-state index contributed by atoms with van der Waals surface area (Å²) in [6.45, 7) is 1.84. The average Bonchev–Trinajstić information content (AvgIpc) is 3.18. The molecule has 3 aromatic carbocycles. The quantitative estimate of drug-likeness (QED) is 0.320. The standard InChI is InChI=1S/C22H16ClN3O5/c1-12-3-4-13(22-25-19-11-15(30-2)6-8-20(19)31-22)9-18(12)24-21(27)16-7-5-14(26(28)29)10-17(16)23/h3-11H,1-2H3,(H,24,27). The maximum absolute atomic E-state index is 12.7. The van der Waals surface area contributed by atoms with Crippen molar-refractivity contribution < 1.29 is 18.9 Å². The minimum absolute atomic E-state index is 0.00611. The second-order valence-electron chi connectivity index (χ2n) is 6.76. The number of methoxy groups -OCH3 is 1. The number of fused-ring (bicyclic) bond motifs is 1. The Labute approximate surface area is 181 Å². The fraction of sp³-hybridized carbons (Fsp3) is 0.0909. The van der Waals surface area contributed by atoms with Gasteiger partial charge in [0.15, 0.2) is 5.58 Å². The first kappa shape index (κ1) is 20.4. The van der Waals surface area contributed by atoms with E-state index in [1.807, 2.05) is 19.1 Å². The number of ether oxygens (including phenoxy) is 1. The molecule has 156 valence electrons. The maximum atomic E-state index is 12.7. The predicted octanol–water partition coefficient (Wildman–Crippen LogP) is 5.63. The van der Waals surface area contributed by atoms with Crippen LogP contribution in [0.15, 0.2) is 59.0 Å². The fourth-order valence-electron chi connectivity index (χ4n) is 3.04. The van der Waals surface area contributed by atoms with Crippen LogP contribution < -0.4 is 10.1 Å². The highest BCUT2D eigenvalue weighted by atomic mass is 35.5. The van der Waals surface area contributed by atoms with E-state index in [1.165, 1.54) is 12.1 Å². The molecule has 0 bridgehead atoms. The van der Waals surface area contributed by atoms with Crippen LogP contribution in [0, 0.1) is 17.0 Å². The van der Waals surface area contributed by atoms with Crippen LogP contribution in [0.25, 0.3) is 22.6 Å². The van der Waals surface area contributed by atoms with Crippen molar-refractivity contribution in [2.24, 2.45) is 0 Å². The molecule has 0 aliphatic carbocycles. The molecule has 0 atom stereocenters. The third-order valence-corrected chi connectivity index (χ3v) is 5.05. The molecule has 1 heterocycles. The molecule has 31 heavy (non-hydrogen) atoms. The summed E-state index contributed by atoms with van der Waals surface area (Å²) >= 11 is 6.07. The Morgan fingerprint density at radius 1 is 1.16 bits per heavy atom. The van der Waals surface area contributed by atoms with Crippen LogP contribution in [0.5, 0.6) is 5.75 Å². The monoisotopic (exact) mass is 437 g/mol. The van der Waals surface area contributed by atoms with Crippen LogP contribution in [0.1, 0.15) is 15.9 Å². The molecule has 0 aliphatic heterocycles. The van der Waals surface area contributed by atoms with Gasteiger partial charge in [0, 0.05) is 29.4 Å². The van der Waals surface area contributed by atoms with Crippen molar-refractivity contribution in [3.05, 3.63) is 80.9 Å². The number of nitrogens with zero attached hydrogens (tertiary/aromatic N) is 2. The molecule has 8 nitrogen and oxygen atoms in total. The minimum Gasteiger partial charge on any atom is -0.497 e. The average molecular weight is 438 g/mol. The number of anilines is 1. The number of halogens is 1. The lowest BCUT2D eigenvalue weighted by molar-refractivity contribution is -0.384. The van der Waals surface area contributed by atoms with Gasteiger partial charge in [-0.2, -0.15) is 0 Å². The Hall–Kier alpha value is -3.91. The highest BCUT2D eigenvalue weighted by Gasteiger charge is 2.17. The zero-order valence-electron chi connectivity index (χ0n) is 16.5. The lowest BCUT2D eigenvalue weighted by atomic mass is 10.1. The highest BCUT2D eigenvalue weighted by molar-refractivity contribution is 6.34. The molecule has 0 aliphatic rings. The molecule has 9 heteroatoms. The van der Waals surface area contributed by atoms with E-state index < -0.39 is 10.8 Å². The van der Waals surface area contributed by atoms with Gasteiger partial charge in [-0.1, -0.05) is 17.7 Å². The van der Waals surface area contributed by atoms with Crippen molar-refractivity contribution in [3.8, 4) is 17.2 Å². The number of carbonyl (C=O) groups is 1. The van der Waals surface area contributed by atoms with Crippen molar-refractivity contribution in [2.45, 2.75) is 6.92 Å². The van der Waals surface area contributed by atoms with E-state index in [-0.39, 0.29) is 16.3 Å². The number of hydrogen-bond donors (Lipinski definition) is 1. The molecule has 4 rings (SSSR count). The van der Waals surface area contributed by atoms with Crippen LogP contribution in [0.2, 0.25) is 5.02 Å². The normalized spacial score (nSPS) is 10.8. The number of rotatable bonds is 5. The molecule has 0 saturated heterocycles. The second-order valence-corrected chi connectivity index (χ2v) is 7.16. The van der Waals surface area contributed by atoms with Gasteiger partial charge in [0.2, 0.25) is 5.89 Å². The summed E-state index contributed by atoms with van der Waals surface area (Å²) in [5.74, 6) is 0.582. The van der Waals surface area contributed by atoms with Crippen molar-refractivity contribution in [1.29, 1.82) is 0 Å². The van der Waals surface area contributed by atoms with Gasteiger partial charge in [0.05, 0.1) is 22.6 Å². The maximum Gasteiger partial charge on any atom is 0.270 e. The summed E-state index contributed by atoms with van der Waals surface area (Å²) in [6, 6.07) is 14.4. The van der Waals surface area contributed by atoms with Crippen molar-refractivity contribution in [1.82, 2.24) is 4.98 Å². The number of aryl methyl sites for hydroxylation is 1. The van der Waals surface area contributed by atoms with Crippen LogP contribution in [0.4, 0.5) is 11.4 Å². The highest BCUT2D eigenvalue weighted by Crippen LogP contribution is 2.30. The first-order valence-electron chi connectivity index (χ1n) is 9.16. The Balaban J connectivity index is 1.64. The zero-order chi connectivity index (χ0) is 22.1. The number of nitro benzene ring substituents is 1. The number of benzene rings is 3. The summed E-state index contributed by atoms with van der Waals surface area (Å²) in [5.41, 5.74) is 3.23. The van der Waals surface area contributed by atoms with Gasteiger partial charge in [0.25, 0.3) is 11.6 Å². The van der Waals surface area contributed by atoms with Gasteiger partial charge < -0.3 is 14.5 Å². The van der Waals surface area contributed by atoms with E-state index >= 15 is 0 Å². The summed E-state index contributed by atoms with van der Waals surface area (Å²) in [4.78, 5) is 27.5. The number of non-ortho nitro benzene ring substituents is 1. The smallest absolute Gasteiger partial charge is 0.270 e. The SMILES string of the molecule is COc1ccc2oc(-c3ccc(C)c(NC(=O)c4ccc([N+](=O)[O-])cc4Cl)c3)nc2c1. The van der Waals surface area contributed by atoms with Crippen LogP contribution in [-0.4, -0.2) is 22.9 Å². The fourth-order valence-corrected chi connectivity index (χ4v) is 3.30. The van der Waals surface area contributed by atoms with Gasteiger partial charge in [-0.3, -0.25) is 14.9 Å². The van der Waals surface area contributed by atoms with Gasteiger partial charge in [-0.15, -0.1) is 0 Å². The number of aromatic nitrogens is 1. The largest absolute Gasteiger partial charge is 0.497 e. The number of nitrogens with one attached hydrogen (secondary N) is 1. The Bertz CT molecular complexity index is 1330. The van der Waals surface area contributed by atoms with Gasteiger partial charge in [-0.05, 0) is 42.8 Å². The summed E-state index contributed by atoms with van der Waals surface area (Å²) in [7, 11) is 1.58. The van der Waals surface area contributed by atoms with Gasteiger partial charge in [0.1, 0.15) is 11.3 Å². The van der Waals surface area contributed by atoms with Crippen molar-refractivity contribution in [2.75, 3.05) is 12.4 Å². The molecule has 0 radical (unpaired) electrons. The van der Waals surface area contributed by atoms with Gasteiger partial charge in [-0.25, -0.2) is 4.98 Å². The number of amides is 1. The van der Waals surface area contributed by atoms with Crippen molar-refractivity contribution in [3.63, 3.8) is 0 Å². The summed E-state index contributed by atoms with van der Waals surface area (Å²) in [5, 5.41) is 13.7. The molecule has 1 aromatic heterocycles. The molecule has 1 N–H and O–H groups in total. The zero-order valence-corrected chi connectivity index (χ0v) is 17.3. The summed E-state index contributed by atoms with van der Waals surface area (Å²) < 4.78 is 11.0. The summed E-state index contributed by atoms with van der Waals surface area (Å²) in [6.07, 6.45) is 0. The van der Waals surface area contributed by atoms with E-state index in [9.17, 15) is 14.9 Å². The molecule has 0 unspecified atom stereocenters. The Morgan fingerprint density at radius 3 is 2.68 bits per heavy atom. The van der Waals surface area contributed by atoms with E-state index in [0.717, 1.165) is 11.6 Å². The van der Waals surface area contributed by atoms with Crippen molar-refractivity contribution >= 4 is 40.0 Å². The number of oxazole rings is 1. The molecule has 0 saturated carbocycles. The first-order chi connectivity index (χ1) is 14.9. The van der Waals surface area contributed by atoms with Crippen LogP contribution >= 0.6 is 11.6 Å². The van der Waals surface area contributed by atoms with Crippen LogP contribution in [-0.2, 0) is 0 Å². The third kappa shape index (κ3) is 4.06. The Morgan fingerprint density at radius 2 is 1.97 bits per heavy atom. The molecular weight excluding hydrogens is 422 g/mol. The Kier molecular flexibility index (Phi) is 5.31. The van der Waals surface area contributed by atoms with E-state index in [1.54, 1.807) is 31.4 Å². The van der Waals surface area contributed by atoms with E-state index in [2.05, 4.69) is 10.3 Å². The molecule has 0 spiro atoms. The van der Waals surface area contributed by atoms with E-state index in [4.69, 9.17) is 20.8 Å². The number of carbonyl (C=O) groups excluding carboxylic acids is 1. The molecule has 4 aromatic rings. The minimum atomic E-state index is -0.572. The number of nitro groups is 1. The van der Waals surface area contributed by atoms with E-state index in [0.29, 0.717) is 34.0 Å². The van der Waals surface area contributed by atoms with Crippen LogP contribution in [0.3, 0.4) is 0 Å². The predicted molar refractivity (Wildman–Crippen MR) is 117 cm³/mol. The third-order valence-electron chi connectivity index (χ3n) is 4.74. The lowest BCUT2D eigenvalue weighted by Crippen LogP contribution is -2.13.